The van der Waals surface area contributed by atoms with E-state index in [0.717, 1.165) is 16.6 Å². The molecule has 0 spiro atoms. The van der Waals surface area contributed by atoms with Crippen LogP contribution in [0.4, 0.5) is 0 Å². The third-order valence-electron chi connectivity index (χ3n) is 3.42. The van der Waals surface area contributed by atoms with Gasteiger partial charge in [-0.05, 0) is 24.3 Å². The van der Waals surface area contributed by atoms with Gasteiger partial charge in [-0.3, -0.25) is 9.78 Å². The van der Waals surface area contributed by atoms with Gasteiger partial charge in [-0.1, -0.05) is 6.07 Å². The highest BCUT2D eigenvalue weighted by atomic mass is 16.1. The highest BCUT2D eigenvalue weighted by Crippen LogP contribution is 2.25. The van der Waals surface area contributed by atoms with Crippen LogP contribution >= 0.6 is 0 Å². The van der Waals surface area contributed by atoms with Gasteiger partial charge in [-0.25, -0.2) is 9.97 Å². The second kappa shape index (κ2) is 4.92. The van der Waals surface area contributed by atoms with Gasteiger partial charge in [0, 0.05) is 29.5 Å². The molecule has 2 N–H and O–H groups in total. The van der Waals surface area contributed by atoms with E-state index in [0.29, 0.717) is 17.2 Å². The van der Waals surface area contributed by atoms with E-state index in [1.807, 2.05) is 18.3 Å². The van der Waals surface area contributed by atoms with Crippen molar-refractivity contribution < 1.29 is 4.79 Å². The minimum Gasteiger partial charge on any atom is -0.345 e. The maximum absolute atomic E-state index is 12.3. The standard InChI is InChI=1S/C16H11N5O/c22-14(12-5-1-2-6-17-12)13-9-20-16(21-13)11-8-19-15-10(11)4-3-7-18-15/h1-9H,(H,18,19)(H,20,21). The number of carbonyl (C=O) groups is 1. The van der Waals surface area contributed by atoms with Gasteiger partial charge in [0.2, 0.25) is 5.78 Å². The Morgan fingerprint density at radius 3 is 2.77 bits per heavy atom. The fraction of sp³-hybridized carbons (Fsp3) is 0. The SMILES string of the molecule is O=C(c1ccccn1)c1cnc(-c2c[nH]c3ncccc23)[nH]1. The Kier molecular flexibility index (Phi) is 2.79. The van der Waals surface area contributed by atoms with Crippen LogP contribution in [-0.2, 0) is 0 Å². The van der Waals surface area contributed by atoms with Crippen LogP contribution in [0.1, 0.15) is 16.2 Å². The minimum atomic E-state index is -0.183. The molecule has 22 heavy (non-hydrogen) atoms. The van der Waals surface area contributed by atoms with Crippen LogP contribution in [0.15, 0.2) is 55.1 Å². The molecule has 6 heteroatoms. The summed E-state index contributed by atoms with van der Waals surface area (Å²) in [5, 5.41) is 0.952. The number of aromatic amines is 2. The molecule has 4 rings (SSSR count). The number of hydrogen-bond donors (Lipinski definition) is 2. The number of hydrogen-bond acceptors (Lipinski definition) is 4. The summed E-state index contributed by atoms with van der Waals surface area (Å²) in [4.78, 5) is 31.1. The van der Waals surface area contributed by atoms with Gasteiger partial charge in [0.15, 0.2) is 0 Å². The van der Waals surface area contributed by atoms with E-state index in [1.165, 1.54) is 6.20 Å². The first-order valence-corrected chi connectivity index (χ1v) is 6.76. The topological polar surface area (TPSA) is 87.3 Å². The molecule has 0 aliphatic heterocycles. The van der Waals surface area contributed by atoms with Gasteiger partial charge >= 0.3 is 0 Å². The summed E-state index contributed by atoms with van der Waals surface area (Å²) in [6.45, 7) is 0. The molecule has 0 fully saturated rings. The van der Waals surface area contributed by atoms with Crippen LogP contribution in [0.25, 0.3) is 22.4 Å². The zero-order chi connectivity index (χ0) is 14.9. The number of ketones is 1. The lowest BCUT2D eigenvalue weighted by Gasteiger charge is -1.96. The van der Waals surface area contributed by atoms with Crippen molar-refractivity contribution in [2.75, 3.05) is 0 Å². The first-order valence-electron chi connectivity index (χ1n) is 6.76. The summed E-state index contributed by atoms with van der Waals surface area (Å²) >= 11 is 0. The predicted octanol–water partition coefficient (Wildman–Crippen LogP) is 2.58. The molecule has 106 valence electrons. The predicted molar refractivity (Wildman–Crippen MR) is 81.3 cm³/mol. The number of aromatic nitrogens is 5. The highest BCUT2D eigenvalue weighted by molar-refractivity contribution is 6.06. The quantitative estimate of drug-likeness (QED) is 0.567. The Morgan fingerprint density at radius 2 is 1.91 bits per heavy atom. The molecular weight excluding hydrogens is 278 g/mol. The summed E-state index contributed by atoms with van der Waals surface area (Å²) in [6.07, 6.45) is 6.67. The molecule has 4 aromatic rings. The fourth-order valence-electron chi connectivity index (χ4n) is 2.36. The summed E-state index contributed by atoms with van der Waals surface area (Å²) in [5.41, 5.74) is 2.46. The summed E-state index contributed by atoms with van der Waals surface area (Å²) in [7, 11) is 0. The molecule has 4 aromatic heterocycles. The van der Waals surface area contributed by atoms with E-state index >= 15 is 0 Å². The largest absolute Gasteiger partial charge is 0.345 e. The Morgan fingerprint density at radius 1 is 1.00 bits per heavy atom. The molecule has 0 aliphatic carbocycles. The summed E-state index contributed by atoms with van der Waals surface area (Å²) in [5.74, 6) is 0.441. The first-order chi connectivity index (χ1) is 10.8. The van der Waals surface area contributed by atoms with Gasteiger partial charge in [0.25, 0.3) is 0 Å². The Bertz CT molecular complexity index is 955. The number of nitrogens with zero attached hydrogens (tertiary/aromatic N) is 3. The van der Waals surface area contributed by atoms with Gasteiger partial charge in [-0.2, -0.15) is 0 Å². The van der Waals surface area contributed by atoms with Crippen LogP contribution in [0.3, 0.4) is 0 Å². The lowest BCUT2D eigenvalue weighted by molar-refractivity contribution is 0.103. The van der Waals surface area contributed by atoms with Crippen LogP contribution in [0, 0.1) is 0 Å². The number of H-pyrrole nitrogens is 2. The van der Waals surface area contributed by atoms with Gasteiger partial charge < -0.3 is 9.97 Å². The minimum absolute atomic E-state index is 0.183. The first kappa shape index (κ1) is 12.5. The summed E-state index contributed by atoms with van der Waals surface area (Å²) < 4.78 is 0. The molecule has 0 aliphatic rings. The lowest BCUT2D eigenvalue weighted by atomic mass is 10.2. The highest BCUT2D eigenvalue weighted by Gasteiger charge is 2.15. The van der Waals surface area contributed by atoms with Crippen LogP contribution in [0.5, 0.6) is 0 Å². The van der Waals surface area contributed by atoms with Crippen molar-refractivity contribution in [2.45, 2.75) is 0 Å². The van der Waals surface area contributed by atoms with E-state index < -0.39 is 0 Å². The van der Waals surface area contributed by atoms with Crippen LogP contribution in [-0.4, -0.2) is 30.7 Å². The van der Waals surface area contributed by atoms with Gasteiger partial charge in [0.1, 0.15) is 22.9 Å². The maximum Gasteiger partial charge on any atom is 0.229 e. The molecule has 0 radical (unpaired) electrons. The third kappa shape index (κ3) is 1.98. The molecule has 0 unspecified atom stereocenters. The normalized spacial score (nSPS) is 10.9. The average Bonchev–Trinajstić information content (AvgIpc) is 3.21. The molecular formula is C16H11N5O. The summed E-state index contributed by atoms with van der Waals surface area (Å²) in [6, 6.07) is 9.05. The van der Waals surface area contributed by atoms with Crippen molar-refractivity contribution in [2.24, 2.45) is 0 Å². The Labute approximate surface area is 125 Å². The smallest absolute Gasteiger partial charge is 0.229 e. The van der Waals surface area contributed by atoms with Crippen LogP contribution in [0.2, 0.25) is 0 Å². The number of rotatable bonds is 3. The van der Waals surface area contributed by atoms with Gasteiger partial charge in [0.05, 0.1) is 6.20 Å². The van der Waals surface area contributed by atoms with Crippen molar-refractivity contribution in [3.63, 3.8) is 0 Å². The molecule has 6 nitrogen and oxygen atoms in total. The number of fused-ring (bicyclic) bond motifs is 1. The second-order valence-corrected chi connectivity index (χ2v) is 4.79. The zero-order valence-electron chi connectivity index (χ0n) is 11.4. The van der Waals surface area contributed by atoms with E-state index in [2.05, 4.69) is 24.9 Å². The number of imidazole rings is 1. The Balaban J connectivity index is 1.74. The van der Waals surface area contributed by atoms with E-state index in [4.69, 9.17) is 0 Å². The van der Waals surface area contributed by atoms with Crippen molar-refractivity contribution in [3.05, 3.63) is 66.5 Å². The third-order valence-corrected chi connectivity index (χ3v) is 3.42. The van der Waals surface area contributed by atoms with Crippen molar-refractivity contribution >= 4 is 16.8 Å². The molecule has 0 saturated heterocycles. The number of pyridine rings is 2. The van der Waals surface area contributed by atoms with Crippen molar-refractivity contribution in [1.82, 2.24) is 24.9 Å². The monoisotopic (exact) mass is 289 g/mol. The van der Waals surface area contributed by atoms with Crippen LogP contribution < -0.4 is 0 Å². The average molecular weight is 289 g/mol. The molecule has 4 heterocycles. The van der Waals surface area contributed by atoms with Gasteiger partial charge in [-0.15, -0.1) is 0 Å². The van der Waals surface area contributed by atoms with Crippen molar-refractivity contribution in [1.29, 1.82) is 0 Å². The molecule has 0 atom stereocenters. The lowest BCUT2D eigenvalue weighted by Crippen LogP contribution is -2.03. The second-order valence-electron chi connectivity index (χ2n) is 4.79. The molecule has 0 aromatic carbocycles. The zero-order valence-corrected chi connectivity index (χ0v) is 11.4. The van der Waals surface area contributed by atoms with E-state index in [-0.39, 0.29) is 5.78 Å². The molecule has 0 saturated carbocycles. The Hall–Kier alpha value is -3.28. The number of carbonyl (C=O) groups excluding carboxylic acids is 1. The number of nitrogens with one attached hydrogen (secondary N) is 2. The molecule has 0 amide bonds. The van der Waals surface area contributed by atoms with E-state index in [9.17, 15) is 4.79 Å². The van der Waals surface area contributed by atoms with Crippen molar-refractivity contribution in [3.8, 4) is 11.4 Å². The fourth-order valence-corrected chi connectivity index (χ4v) is 2.36. The van der Waals surface area contributed by atoms with E-state index in [1.54, 1.807) is 30.6 Å². The molecule has 0 bridgehead atoms. The maximum atomic E-state index is 12.3.